The normalized spacial score (nSPS) is 17.2. The molecule has 5 nitrogen and oxygen atoms in total. The first-order chi connectivity index (χ1) is 9.60. The Morgan fingerprint density at radius 2 is 1.90 bits per heavy atom. The molecule has 0 aliphatic heterocycles. The zero-order chi connectivity index (χ0) is 14.6. The number of carbonyl (C=O) groups excluding carboxylic acids is 1. The lowest BCUT2D eigenvalue weighted by atomic mass is 9.95. The molecule has 1 atom stereocenters. The van der Waals surface area contributed by atoms with E-state index in [1.54, 1.807) is 0 Å². The third kappa shape index (κ3) is 2.99. The predicted molar refractivity (Wildman–Crippen MR) is 73.2 cm³/mol. The quantitative estimate of drug-likeness (QED) is 0.652. The maximum Gasteiger partial charge on any atom is 0.319 e. The molecular formula is C15H19NO4. The summed E-state index contributed by atoms with van der Waals surface area (Å²) in [6.45, 7) is 0.373. The summed E-state index contributed by atoms with van der Waals surface area (Å²) in [6.07, 6.45) is 1.35. The average molecular weight is 277 g/mol. The molecule has 5 heteroatoms. The smallest absolute Gasteiger partial charge is 0.319 e. The molecule has 0 spiro atoms. The molecule has 1 aliphatic rings. The first kappa shape index (κ1) is 14.5. The van der Waals surface area contributed by atoms with E-state index in [0.29, 0.717) is 25.8 Å². The molecular weight excluding hydrogens is 258 g/mol. The van der Waals surface area contributed by atoms with Gasteiger partial charge in [-0.2, -0.15) is 0 Å². The van der Waals surface area contributed by atoms with Gasteiger partial charge in [-0.15, -0.1) is 0 Å². The zero-order valence-corrected chi connectivity index (χ0v) is 11.2. The van der Waals surface area contributed by atoms with Crippen molar-refractivity contribution in [3.8, 4) is 0 Å². The van der Waals surface area contributed by atoms with Crippen molar-refractivity contribution in [3.63, 3.8) is 0 Å². The second kappa shape index (κ2) is 6.05. The predicted octanol–water partition coefficient (Wildman–Crippen LogP) is 1.13. The summed E-state index contributed by atoms with van der Waals surface area (Å²) in [7, 11) is 0. The van der Waals surface area contributed by atoms with Crippen LogP contribution in [0.3, 0.4) is 0 Å². The Hall–Kier alpha value is -1.88. The number of carboxylic acid groups (broad SMARTS) is 1. The Bertz CT molecular complexity index is 482. The molecule has 0 heterocycles. The second-order valence-electron chi connectivity index (χ2n) is 5.22. The zero-order valence-electron chi connectivity index (χ0n) is 11.2. The molecule has 1 aromatic rings. The Morgan fingerprint density at radius 3 is 2.40 bits per heavy atom. The molecule has 1 aliphatic carbocycles. The fourth-order valence-electron chi connectivity index (χ4n) is 2.32. The van der Waals surface area contributed by atoms with Crippen LogP contribution in [-0.2, 0) is 9.59 Å². The van der Waals surface area contributed by atoms with Gasteiger partial charge in [-0.1, -0.05) is 30.3 Å². The van der Waals surface area contributed by atoms with Gasteiger partial charge in [0.1, 0.15) is 5.41 Å². The lowest BCUT2D eigenvalue weighted by molar-refractivity contribution is -0.149. The van der Waals surface area contributed by atoms with E-state index < -0.39 is 17.3 Å². The van der Waals surface area contributed by atoms with E-state index in [0.717, 1.165) is 5.56 Å². The van der Waals surface area contributed by atoms with Crippen LogP contribution in [0.25, 0.3) is 0 Å². The number of nitrogens with one attached hydrogen (secondary N) is 1. The standard InChI is InChI=1S/C15H19NO4/c17-9-6-12(11-4-2-1-3-5-11)10-16-13(18)15(7-8-15)14(19)20/h1-5,12,17H,6-10H2,(H,16,18)(H,19,20). The minimum Gasteiger partial charge on any atom is -0.480 e. The van der Waals surface area contributed by atoms with E-state index in [-0.39, 0.29) is 12.5 Å². The minimum absolute atomic E-state index is 0.00487. The summed E-state index contributed by atoms with van der Waals surface area (Å²) in [5, 5.41) is 20.9. The van der Waals surface area contributed by atoms with Crippen molar-refractivity contribution in [1.29, 1.82) is 0 Å². The highest BCUT2D eigenvalue weighted by Crippen LogP contribution is 2.46. The van der Waals surface area contributed by atoms with Gasteiger partial charge in [0.15, 0.2) is 0 Å². The third-order valence-corrected chi connectivity index (χ3v) is 3.85. The first-order valence-corrected chi connectivity index (χ1v) is 6.77. The first-order valence-electron chi connectivity index (χ1n) is 6.77. The summed E-state index contributed by atoms with van der Waals surface area (Å²) in [4.78, 5) is 23.0. The minimum atomic E-state index is -1.21. The van der Waals surface area contributed by atoms with Gasteiger partial charge < -0.3 is 15.5 Å². The monoisotopic (exact) mass is 277 g/mol. The van der Waals surface area contributed by atoms with Gasteiger partial charge in [-0.3, -0.25) is 9.59 Å². The van der Waals surface area contributed by atoms with Gasteiger partial charge in [-0.25, -0.2) is 0 Å². The second-order valence-corrected chi connectivity index (χ2v) is 5.22. The van der Waals surface area contributed by atoms with Crippen LogP contribution in [0.15, 0.2) is 30.3 Å². The lowest BCUT2D eigenvalue weighted by Crippen LogP contribution is -2.39. The molecule has 1 fully saturated rings. The number of rotatable bonds is 7. The number of amides is 1. The van der Waals surface area contributed by atoms with Crippen molar-refractivity contribution in [2.24, 2.45) is 5.41 Å². The molecule has 1 amide bonds. The summed E-state index contributed by atoms with van der Waals surface area (Å²) in [5.41, 5.74) is -0.178. The molecule has 0 radical (unpaired) electrons. The largest absolute Gasteiger partial charge is 0.480 e. The lowest BCUT2D eigenvalue weighted by Gasteiger charge is -2.18. The molecule has 1 aromatic carbocycles. The maximum absolute atomic E-state index is 12.0. The number of benzene rings is 1. The number of carbonyl (C=O) groups is 2. The maximum atomic E-state index is 12.0. The van der Waals surface area contributed by atoms with Gasteiger partial charge in [-0.05, 0) is 24.8 Å². The highest BCUT2D eigenvalue weighted by atomic mass is 16.4. The Balaban J connectivity index is 1.96. The van der Waals surface area contributed by atoms with E-state index in [1.807, 2.05) is 30.3 Å². The third-order valence-electron chi connectivity index (χ3n) is 3.85. The van der Waals surface area contributed by atoms with Gasteiger partial charge in [0.25, 0.3) is 0 Å². The van der Waals surface area contributed by atoms with Crippen LogP contribution in [0, 0.1) is 5.41 Å². The van der Waals surface area contributed by atoms with Crippen LogP contribution >= 0.6 is 0 Å². The molecule has 3 N–H and O–H groups in total. The SMILES string of the molecule is O=C(O)C1(C(=O)NCC(CCO)c2ccccc2)CC1. The van der Waals surface area contributed by atoms with E-state index >= 15 is 0 Å². The van der Waals surface area contributed by atoms with Crippen LogP contribution in [0.1, 0.15) is 30.7 Å². The van der Waals surface area contributed by atoms with Gasteiger partial charge in [0.2, 0.25) is 5.91 Å². The van der Waals surface area contributed by atoms with Crippen molar-refractivity contribution in [2.45, 2.75) is 25.2 Å². The van der Waals surface area contributed by atoms with Crippen LogP contribution in [0.2, 0.25) is 0 Å². The van der Waals surface area contributed by atoms with Gasteiger partial charge in [0.05, 0.1) is 0 Å². The number of hydrogen-bond donors (Lipinski definition) is 3. The molecule has 0 aromatic heterocycles. The molecule has 108 valence electrons. The molecule has 1 unspecified atom stereocenters. The molecule has 2 rings (SSSR count). The highest BCUT2D eigenvalue weighted by molar-refractivity contribution is 6.04. The van der Waals surface area contributed by atoms with E-state index in [1.165, 1.54) is 0 Å². The molecule has 0 bridgehead atoms. The number of aliphatic hydroxyl groups is 1. The number of aliphatic hydroxyl groups excluding tert-OH is 1. The van der Waals surface area contributed by atoms with Crippen LogP contribution in [-0.4, -0.2) is 35.2 Å². The van der Waals surface area contributed by atoms with Gasteiger partial charge in [0, 0.05) is 19.1 Å². The average Bonchev–Trinajstić information content (AvgIpc) is 3.25. The number of hydrogen-bond acceptors (Lipinski definition) is 3. The topological polar surface area (TPSA) is 86.6 Å². The van der Waals surface area contributed by atoms with Gasteiger partial charge >= 0.3 is 5.97 Å². The van der Waals surface area contributed by atoms with Crippen molar-refractivity contribution in [1.82, 2.24) is 5.32 Å². The summed E-state index contributed by atoms with van der Waals surface area (Å²) in [6, 6.07) is 9.59. The number of carboxylic acids is 1. The Kier molecular flexibility index (Phi) is 4.39. The van der Waals surface area contributed by atoms with E-state index in [9.17, 15) is 9.59 Å². The van der Waals surface area contributed by atoms with E-state index in [2.05, 4.69) is 5.32 Å². The van der Waals surface area contributed by atoms with Crippen molar-refractivity contribution in [2.75, 3.05) is 13.2 Å². The summed E-state index contributed by atoms with van der Waals surface area (Å²) in [5.74, 6) is -1.47. The van der Waals surface area contributed by atoms with Crippen molar-refractivity contribution in [3.05, 3.63) is 35.9 Å². The fraction of sp³-hybridized carbons (Fsp3) is 0.467. The Morgan fingerprint density at radius 1 is 1.25 bits per heavy atom. The molecule has 0 saturated heterocycles. The highest BCUT2D eigenvalue weighted by Gasteiger charge is 2.57. The molecule has 20 heavy (non-hydrogen) atoms. The summed E-state index contributed by atoms with van der Waals surface area (Å²) < 4.78 is 0. The van der Waals surface area contributed by atoms with Crippen LogP contribution in [0.4, 0.5) is 0 Å². The summed E-state index contributed by atoms with van der Waals surface area (Å²) >= 11 is 0. The van der Waals surface area contributed by atoms with Crippen LogP contribution < -0.4 is 5.32 Å². The van der Waals surface area contributed by atoms with Crippen molar-refractivity contribution < 1.29 is 19.8 Å². The fourth-order valence-corrected chi connectivity index (χ4v) is 2.32. The number of aliphatic carboxylic acids is 1. The Labute approximate surface area is 117 Å². The van der Waals surface area contributed by atoms with Crippen LogP contribution in [0.5, 0.6) is 0 Å². The molecule has 1 saturated carbocycles. The van der Waals surface area contributed by atoms with Crippen molar-refractivity contribution >= 4 is 11.9 Å². The van der Waals surface area contributed by atoms with E-state index in [4.69, 9.17) is 10.2 Å².